The number of halogens is 2. The number of hydrogen-bond acceptors (Lipinski definition) is 3. The third-order valence-electron chi connectivity index (χ3n) is 4.65. The van der Waals surface area contributed by atoms with E-state index in [1.165, 1.54) is 44.3 Å². The van der Waals surface area contributed by atoms with Gasteiger partial charge in [-0.2, -0.15) is 0 Å². The fraction of sp³-hybridized carbons (Fsp3) is 0.600. The van der Waals surface area contributed by atoms with E-state index in [-0.39, 0.29) is 24.8 Å². The molecule has 0 aliphatic heterocycles. The summed E-state index contributed by atoms with van der Waals surface area (Å²) in [4.78, 5) is 4.99. The van der Waals surface area contributed by atoms with Crippen LogP contribution in [0.15, 0.2) is 34.7 Å². The molecular weight excluding hydrogens is 355 g/mol. The third-order valence-corrected chi connectivity index (χ3v) is 4.65. The quantitative estimate of drug-likeness (QED) is 0.466. The van der Waals surface area contributed by atoms with Crippen LogP contribution in [0.3, 0.4) is 0 Å². The van der Waals surface area contributed by atoms with E-state index < -0.39 is 0 Å². The Kier molecular flexibility index (Phi) is 13.1. The summed E-state index contributed by atoms with van der Waals surface area (Å²) in [6, 6.07) is 10.4. The monoisotopic (exact) mass is 388 g/mol. The van der Waals surface area contributed by atoms with Crippen LogP contribution in [0, 0.1) is 0 Å². The minimum Gasteiger partial charge on any atom is -0.460 e. The van der Waals surface area contributed by atoms with E-state index in [2.05, 4.69) is 48.8 Å². The van der Waals surface area contributed by atoms with Gasteiger partial charge < -0.3 is 9.32 Å². The zero-order valence-electron chi connectivity index (χ0n) is 15.9. The van der Waals surface area contributed by atoms with E-state index in [4.69, 9.17) is 4.42 Å². The molecule has 0 unspecified atom stereocenters. The van der Waals surface area contributed by atoms with E-state index in [1.54, 1.807) is 0 Å². The molecule has 1 heterocycles. The SMILES string of the molecule is CCN(CC)CCCCCN(CC)Cc1cc2ccccc2o1.Cl.Cl. The second-order valence-electron chi connectivity index (χ2n) is 6.21. The Balaban J connectivity index is 0.00000288. The molecule has 144 valence electrons. The van der Waals surface area contributed by atoms with Crippen molar-refractivity contribution in [3.05, 3.63) is 36.1 Å². The Hall–Kier alpha value is -0.740. The van der Waals surface area contributed by atoms with E-state index in [0.29, 0.717) is 0 Å². The minimum atomic E-state index is 0. The average molecular weight is 389 g/mol. The van der Waals surface area contributed by atoms with Crippen LogP contribution < -0.4 is 0 Å². The largest absolute Gasteiger partial charge is 0.460 e. The second kappa shape index (κ2) is 13.5. The van der Waals surface area contributed by atoms with Crippen LogP contribution in [0.5, 0.6) is 0 Å². The minimum absolute atomic E-state index is 0. The maximum Gasteiger partial charge on any atom is 0.134 e. The molecule has 3 nitrogen and oxygen atoms in total. The molecule has 25 heavy (non-hydrogen) atoms. The zero-order valence-corrected chi connectivity index (χ0v) is 17.5. The van der Waals surface area contributed by atoms with Crippen molar-refractivity contribution in [1.29, 1.82) is 0 Å². The molecule has 0 fully saturated rings. The number of unbranched alkanes of at least 4 members (excludes halogenated alkanes) is 2. The Morgan fingerprint density at radius 3 is 2.00 bits per heavy atom. The van der Waals surface area contributed by atoms with Crippen LogP contribution in [-0.4, -0.2) is 42.5 Å². The van der Waals surface area contributed by atoms with Gasteiger partial charge in [-0.3, -0.25) is 4.90 Å². The van der Waals surface area contributed by atoms with Crippen molar-refractivity contribution in [3.63, 3.8) is 0 Å². The van der Waals surface area contributed by atoms with Crippen molar-refractivity contribution in [3.8, 4) is 0 Å². The van der Waals surface area contributed by atoms with Crippen molar-refractivity contribution in [1.82, 2.24) is 9.80 Å². The van der Waals surface area contributed by atoms with E-state index in [1.807, 2.05) is 12.1 Å². The lowest BCUT2D eigenvalue weighted by molar-refractivity contribution is 0.247. The van der Waals surface area contributed by atoms with Crippen LogP contribution >= 0.6 is 24.8 Å². The summed E-state index contributed by atoms with van der Waals surface area (Å²) in [7, 11) is 0. The molecule has 0 aliphatic rings. The van der Waals surface area contributed by atoms with Gasteiger partial charge in [0.25, 0.3) is 0 Å². The number of benzene rings is 1. The van der Waals surface area contributed by atoms with Gasteiger partial charge in [-0.1, -0.05) is 45.4 Å². The molecule has 0 atom stereocenters. The highest BCUT2D eigenvalue weighted by molar-refractivity contribution is 5.85. The summed E-state index contributed by atoms with van der Waals surface area (Å²) in [5, 5.41) is 1.21. The molecule has 0 saturated heterocycles. The first-order valence-corrected chi connectivity index (χ1v) is 9.19. The zero-order chi connectivity index (χ0) is 16.5. The summed E-state index contributed by atoms with van der Waals surface area (Å²) in [6.07, 6.45) is 3.90. The van der Waals surface area contributed by atoms with Gasteiger partial charge in [0.2, 0.25) is 0 Å². The van der Waals surface area contributed by atoms with Crippen molar-refractivity contribution in [2.24, 2.45) is 0 Å². The van der Waals surface area contributed by atoms with E-state index in [0.717, 1.165) is 31.0 Å². The molecule has 1 aromatic carbocycles. The topological polar surface area (TPSA) is 19.6 Å². The Morgan fingerprint density at radius 2 is 1.40 bits per heavy atom. The normalized spacial score (nSPS) is 10.9. The van der Waals surface area contributed by atoms with Gasteiger partial charge in [0.15, 0.2) is 0 Å². The third kappa shape index (κ3) is 8.00. The summed E-state index contributed by atoms with van der Waals surface area (Å²) >= 11 is 0. The molecule has 0 bridgehead atoms. The van der Waals surface area contributed by atoms with Crippen molar-refractivity contribution in [2.75, 3.05) is 32.7 Å². The van der Waals surface area contributed by atoms with E-state index in [9.17, 15) is 0 Å². The first-order valence-electron chi connectivity index (χ1n) is 9.19. The molecular formula is C20H34Cl2N2O. The van der Waals surface area contributed by atoms with Gasteiger partial charge in [0.05, 0.1) is 6.54 Å². The van der Waals surface area contributed by atoms with Gasteiger partial charge in [0.1, 0.15) is 11.3 Å². The Bertz CT molecular complexity index is 537. The van der Waals surface area contributed by atoms with Gasteiger partial charge in [0, 0.05) is 5.39 Å². The average Bonchev–Trinajstić information content (AvgIpc) is 2.99. The Morgan fingerprint density at radius 1 is 0.800 bits per heavy atom. The number of nitrogens with zero attached hydrogens (tertiary/aromatic N) is 2. The van der Waals surface area contributed by atoms with Crippen LogP contribution in [0.1, 0.15) is 45.8 Å². The lowest BCUT2D eigenvalue weighted by Crippen LogP contribution is -2.25. The van der Waals surface area contributed by atoms with Crippen molar-refractivity contribution < 1.29 is 4.42 Å². The lowest BCUT2D eigenvalue weighted by Gasteiger charge is -2.20. The summed E-state index contributed by atoms with van der Waals surface area (Å²) in [5.41, 5.74) is 0.998. The summed E-state index contributed by atoms with van der Waals surface area (Å²) < 4.78 is 5.94. The lowest BCUT2D eigenvalue weighted by atomic mass is 10.2. The first kappa shape index (κ1) is 24.3. The summed E-state index contributed by atoms with van der Waals surface area (Å²) in [6.45, 7) is 13.5. The predicted molar refractivity (Wildman–Crippen MR) is 113 cm³/mol. The number of rotatable bonds is 11. The molecule has 0 radical (unpaired) electrons. The molecule has 2 rings (SSSR count). The molecule has 5 heteroatoms. The van der Waals surface area contributed by atoms with Crippen molar-refractivity contribution in [2.45, 2.75) is 46.6 Å². The molecule has 0 amide bonds. The highest BCUT2D eigenvalue weighted by Crippen LogP contribution is 2.20. The van der Waals surface area contributed by atoms with Gasteiger partial charge >= 0.3 is 0 Å². The maximum absolute atomic E-state index is 5.94. The maximum atomic E-state index is 5.94. The van der Waals surface area contributed by atoms with E-state index >= 15 is 0 Å². The van der Waals surface area contributed by atoms with Gasteiger partial charge in [-0.05, 0) is 57.7 Å². The molecule has 1 aromatic heterocycles. The molecule has 0 saturated carbocycles. The van der Waals surface area contributed by atoms with Gasteiger partial charge in [-0.25, -0.2) is 0 Å². The number of fused-ring (bicyclic) bond motifs is 1. The highest BCUT2D eigenvalue weighted by atomic mass is 35.5. The fourth-order valence-corrected chi connectivity index (χ4v) is 3.07. The number of hydrogen-bond donors (Lipinski definition) is 0. The standard InChI is InChI=1S/C20H32N2O.2ClH/c1-4-21(5-2)14-10-7-11-15-22(6-3)17-19-16-18-12-8-9-13-20(18)23-19;;/h8-9,12-13,16H,4-7,10-11,14-15,17H2,1-3H3;2*1H. The smallest absolute Gasteiger partial charge is 0.134 e. The number of para-hydroxylation sites is 1. The second-order valence-corrected chi connectivity index (χ2v) is 6.21. The molecule has 0 aliphatic carbocycles. The highest BCUT2D eigenvalue weighted by Gasteiger charge is 2.08. The Labute approximate surface area is 165 Å². The van der Waals surface area contributed by atoms with Gasteiger partial charge in [-0.15, -0.1) is 24.8 Å². The van der Waals surface area contributed by atoms with Crippen LogP contribution in [0.2, 0.25) is 0 Å². The molecule has 0 spiro atoms. The number of furan rings is 1. The predicted octanol–water partition coefficient (Wildman–Crippen LogP) is 5.61. The van der Waals surface area contributed by atoms with Crippen molar-refractivity contribution >= 4 is 35.8 Å². The summed E-state index contributed by atoms with van der Waals surface area (Å²) in [5.74, 6) is 1.08. The van der Waals surface area contributed by atoms with Crippen LogP contribution in [0.4, 0.5) is 0 Å². The molecule has 0 N–H and O–H groups in total. The first-order chi connectivity index (χ1) is 11.3. The van der Waals surface area contributed by atoms with Crippen LogP contribution in [0.25, 0.3) is 11.0 Å². The molecule has 2 aromatic rings. The van der Waals surface area contributed by atoms with Crippen LogP contribution in [-0.2, 0) is 6.54 Å². The fourth-order valence-electron chi connectivity index (χ4n) is 3.07.